The van der Waals surface area contributed by atoms with Crippen LogP contribution >= 0.6 is 11.8 Å². The molecule has 0 aliphatic carbocycles. The molecule has 1 aromatic carbocycles. The number of fused-ring (bicyclic) bond motifs is 1. The van der Waals surface area contributed by atoms with E-state index in [0.29, 0.717) is 12.6 Å². The monoisotopic (exact) mass is 267 g/mol. The Labute approximate surface area is 111 Å². The molecule has 3 rings (SSSR count). The molecule has 2 unspecified atom stereocenters. The molecule has 2 aliphatic heterocycles. The standard InChI is InChI=1S/C13H17NO3S/c15-11(6-14-10-3-4-18-7-10)9-1-2-12-13(5-9)17-8-16-12/h1-2,5,10-11,14-15H,3-4,6-8H2. The first-order chi connectivity index (χ1) is 8.83. The van der Waals surface area contributed by atoms with E-state index in [4.69, 9.17) is 9.47 Å². The van der Waals surface area contributed by atoms with Crippen molar-refractivity contribution in [1.82, 2.24) is 5.32 Å². The fourth-order valence-electron chi connectivity index (χ4n) is 2.21. The topological polar surface area (TPSA) is 50.7 Å². The third-order valence-electron chi connectivity index (χ3n) is 3.31. The summed E-state index contributed by atoms with van der Waals surface area (Å²) in [6, 6.07) is 6.15. The molecule has 0 amide bonds. The quantitative estimate of drug-likeness (QED) is 0.866. The maximum atomic E-state index is 10.1. The van der Waals surface area contributed by atoms with Gasteiger partial charge in [-0.05, 0) is 29.9 Å². The van der Waals surface area contributed by atoms with Gasteiger partial charge in [-0.3, -0.25) is 0 Å². The molecular weight excluding hydrogens is 250 g/mol. The van der Waals surface area contributed by atoms with Crippen LogP contribution in [0.25, 0.3) is 0 Å². The summed E-state index contributed by atoms with van der Waals surface area (Å²) in [5.74, 6) is 3.85. The third-order valence-corrected chi connectivity index (χ3v) is 4.47. The maximum Gasteiger partial charge on any atom is 0.231 e. The second-order valence-electron chi connectivity index (χ2n) is 4.60. The van der Waals surface area contributed by atoms with Crippen molar-refractivity contribution in [3.63, 3.8) is 0 Å². The molecule has 98 valence electrons. The third kappa shape index (κ3) is 2.58. The van der Waals surface area contributed by atoms with Crippen LogP contribution in [0.5, 0.6) is 11.5 Å². The molecule has 0 spiro atoms. The Balaban J connectivity index is 1.59. The van der Waals surface area contributed by atoms with Crippen LogP contribution in [-0.2, 0) is 0 Å². The van der Waals surface area contributed by atoms with Gasteiger partial charge >= 0.3 is 0 Å². The summed E-state index contributed by atoms with van der Waals surface area (Å²) in [4.78, 5) is 0. The van der Waals surface area contributed by atoms with Gasteiger partial charge in [0.05, 0.1) is 6.10 Å². The minimum atomic E-state index is -0.495. The van der Waals surface area contributed by atoms with E-state index in [9.17, 15) is 5.11 Å². The summed E-state index contributed by atoms with van der Waals surface area (Å²) in [7, 11) is 0. The zero-order valence-electron chi connectivity index (χ0n) is 10.1. The van der Waals surface area contributed by atoms with Crippen LogP contribution in [-0.4, -0.2) is 36.0 Å². The molecule has 5 heteroatoms. The fourth-order valence-corrected chi connectivity index (χ4v) is 3.40. The predicted molar refractivity (Wildman–Crippen MR) is 71.3 cm³/mol. The molecule has 2 N–H and O–H groups in total. The van der Waals surface area contributed by atoms with Crippen molar-refractivity contribution in [2.45, 2.75) is 18.6 Å². The highest BCUT2D eigenvalue weighted by molar-refractivity contribution is 7.99. The summed E-state index contributed by atoms with van der Waals surface area (Å²) in [6.45, 7) is 0.858. The van der Waals surface area contributed by atoms with Crippen molar-refractivity contribution in [1.29, 1.82) is 0 Å². The number of hydrogen-bond donors (Lipinski definition) is 2. The van der Waals surface area contributed by atoms with Gasteiger partial charge in [0.2, 0.25) is 6.79 Å². The van der Waals surface area contributed by atoms with Gasteiger partial charge < -0.3 is 19.9 Å². The fraction of sp³-hybridized carbons (Fsp3) is 0.538. The Bertz CT molecular complexity index is 421. The van der Waals surface area contributed by atoms with Crippen molar-refractivity contribution in [3.8, 4) is 11.5 Å². The molecular formula is C13H17NO3S. The van der Waals surface area contributed by atoms with Gasteiger partial charge in [0.25, 0.3) is 0 Å². The van der Waals surface area contributed by atoms with Crippen LogP contribution in [0.4, 0.5) is 0 Å². The molecule has 0 saturated carbocycles. The normalized spacial score (nSPS) is 23.3. The second-order valence-corrected chi connectivity index (χ2v) is 5.75. The first-order valence-corrected chi connectivity index (χ1v) is 7.37. The molecule has 1 fully saturated rings. The Morgan fingerprint density at radius 3 is 3.11 bits per heavy atom. The minimum Gasteiger partial charge on any atom is -0.454 e. The number of aliphatic hydroxyl groups excluding tert-OH is 1. The highest BCUT2D eigenvalue weighted by atomic mass is 32.2. The van der Waals surface area contributed by atoms with Gasteiger partial charge in [-0.1, -0.05) is 6.07 Å². The number of nitrogens with one attached hydrogen (secondary N) is 1. The summed E-state index contributed by atoms with van der Waals surface area (Å²) in [6.07, 6.45) is 0.698. The zero-order valence-corrected chi connectivity index (χ0v) is 10.9. The number of aliphatic hydroxyl groups is 1. The lowest BCUT2D eigenvalue weighted by atomic mass is 10.1. The first kappa shape index (κ1) is 12.1. The second kappa shape index (κ2) is 5.38. The SMILES string of the molecule is OC(CNC1CCSC1)c1ccc2c(c1)OCO2. The van der Waals surface area contributed by atoms with E-state index in [1.807, 2.05) is 30.0 Å². The number of hydrogen-bond acceptors (Lipinski definition) is 5. The highest BCUT2D eigenvalue weighted by Crippen LogP contribution is 2.34. The average molecular weight is 267 g/mol. The lowest BCUT2D eigenvalue weighted by molar-refractivity contribution is 0.168. The molecule has 4 nitrogen and oxygen atoms in total. The lowest BCUT2D eigenvalue weighted by Gasteiger charge is -2.16. The van der Waals surface area contributed by atoms with Crippen molar-refractivity contribution >= 4 is 11.8 Å². The number of ether oxygens (including phenoxy) is 2. The molecule has 0 bridgehead atoms. The molecule has 0 aromatic heterocycles. The Morgan fingerprint density at radius 2 is 2.28 bits per heavy atom. The molecule has 1 aromatic rings. The summed E-state index contributed by atoms with van der Waals surface area (Å²) >= 11 is 1.97. The Kier molecular flexibility index (Phi) is 3.63. The molecule has 2 heterocycles. The van der Waals surface area contributed by atoms with Gasteiger partial charge in [0.15, 0.2) is 11.5 Å². The van der Waals surface area contributed by atoms with Crippen LogP contribution in [0.2, 0.25) is 0 Å². The van der Waals surface area contributed by atoms with E-state index in [2.05, 4.69) is 5.32 Å². The van der Waals surface area contributed by atoms with E-state index in [-0.39, 0.29) is 6.79 Å². The van der Waals surface area contributed by atoms with Crippen LogP contribution in [0, 0.1) is 0 Å². The van der Waals surface area contributed by atoms with E-state index in [1.54, 1.807) is 0 Å². The van der Waals surface area contributed by atoms with E-state index < -0.39 is 6.10 Å². The lowest BCUT2D eigenvalue weighted by Crippen LogP contribution is -2.32. The van der Waals surface area contributed by atoms with Gasteiger partial charge in [-0.2, -0.15) is 11.8 Å². The smallest absolute Gasteiger partial charge is 0.231 e. The minimum absolute atomic E-state index is 0.270. The van der Waals surface area contributed by atoms with Crippen LogP contribution < -0.4 is 14.8 Å². The number of thioether (sulfide) groups is 1. The van der Waals surface area contributed by atoms with Gasteiger partial charge in [0, 0.05) is 18.3 Å². The van der Waals surface area contributed by atoms with Crippen molar-refractivity contribution in [2.75, 3.05) is 24.8 Å². The first-order valence-electron chi connectivity index (χ1n) is 6.21. The van der Waals surface area contributed by atoms with Crippen molar-refractivity contribution in [2.24, 2.45) is 0 Å². The average Bonchev–Trinajstić information content (AvgIpc) is 3.05. The largest absolute Gasteiger partial charge is 0.454 e. The highest BCUT2D eigenvalue weighted by Gasteiger charge is 2.19. The Hall–Kier alpha value is -0.910. The summed E-state index contributed by atoms with van der Waals surface area (Å²) < 4.78 is 10.6. The van der Waals surface area contributed by atoms with Crippen LogP contribution in [0.3, 0.4) is 0 Å². The molecule has 18 heavy (non-hydrogen) atoms. The van der Waals surface area contributed by atoms with E-state index in [0.717, 1.165) is 22.8 Å². The predicted octanol–water partition coefficient (Wildman–Crippen LogP) is 1.54. The molecule has 2 atom stereocenters. The number of benzene rings is 1. The van der Waals surface area contributed by atoms with Crippen molar-refractivity contribution < 1.29 is 14.6 Å². The summed E-state index contributed by atoms with van der Waals surface area (Å²) in [5, 5.41) is 13.6. The summed E-state index contributed by atoms with van der Waals surface area (Å²) in [5.41, 5.74) is 0.873. The van der Waals surface area contributed by atoms with Crippen LogP contribution in [0.1, 0.15) is 18.1 Å². The van der Waals surface area contributed by atoms with Crippen LogP contribution in [0.15, 0.2) is 18.2 Å². The van der Waals surface area contributed by atoms with E-state index in [1.165, 1.54) is 12.2 Å². The maximum absolute atomic E-state index is 10.1. The Morgan fingerprint density at radius 1 is 1.39 bits per heavy atom. The van der Waals surface area contributed by atoms with E-state index >= 15 is 0 Å². The molecule has 1 saturated heterocycles. The molecule has 0 radical (unpaired) electrons. The number of rotatable bonds is 4. The van der Waals surface area contributed by atoms with Gasteiger partial charge in [-0.15, -0.1) is 0 Å². The molecule has 2 aliphatic rings. The van der Waals surface area contributed by atoms with Gasteiger partial charge in [-0.25, -0.2) is 0 Å². The zero-order chi connectivity index (χ0) is 12.4. The van der Waals surface area contributed by atoms with Crippen molar-refractivity contribution in [3.05, 3.63) is 23.8 Å². The van der Waals surface area contributed by atoms with Gasteiger partial charge in [0.1, 0.15) is 0 Å².